The zero-order chi connectivity index (χ0) is 14.8. The molecular weight excluding hydrogens is 264 g/mol. The highest BCUT2D eigenvalue weighted by Gasteiger charge is 2.16. The third kappa shape index (κ3) is 3.05. The summed E-state index contributed by atoms with van der Waals surface area (Å²) >= 11 is 0. The second kappa shape index (κ2) is 5.57. The number of piperazine rings is 1. The third-order valence-electron chi connectivity index (χ3n) is 3.73. The van der Waals surface area contributed by atoms with Gasteiger partial charge in [-0.25, -0.2) is 9.97 Å². The fourth-order valence-electron chi connectivity index (χ4n) is 2.49. The summed E-state index contributed by atoms with van der Waals surface area (Å²) in [5.41, 5.74) is 13.5. The van der Waals surface area contributed by atoms with Crippen LogP contribution in [0.2, 0.25) is 0 Å². The first kappa shape index (κ1) is 13.6. The minimum absolute atomic E-state index is 0.504. The average molecular weight is 284 g/mol. The standard InChI is InChI=1S/C15H20N6/c1-20-5-7-21(8-6-20)15-10-11(9-14(17)19-15)12-3-2-4-13(16)18-12/h2-4,9-10H,5-8H2,1H3,(H2,16,18)(H2,17,19). The molecule has 6 heteroatoms. The largest absolute Gasteiger partial charge is 0.384 e. The summed E-state index contributed by atoms with van der Waals surface area (Å²) < 4.78 is 0. The summed E-state index contributed by atoms with van der Waals surface area (Å²) in [6.45, 7) is 3.97. The van der Waals surface area contributed by atoms with Crippen LogP contribution in [0.3, 0.4) is 0 Å². The lowest BCUT2D eigenvalue weighted by Crippen LogP contribution is -2.44. The van der Waals surface area contributed by atoms with Gasteiger partial charge >= 0.3 is 0 Å². The molecule has 6 nitrogen and oxygen atoms in total. The molecular formula is C15H20N6. The van der Waals surface area contributed by atoms with Gasteiger partial charge in [0.15, 0.2) is 0 Å². The van der Waals surface area contributed by atoms with E-state index in [2.05, 4.69) is 26.8 Å². The normalized spacial score (nSPS) is 16.1. The van der Waals surface area contributed by atoms with E-state index in [1.54, 1.807) is 6.07 Å². The van der Waals surface area contributed by atoms with Crippen LogP contribution >= 0.6 is 0 Å². The Balaban J connectivity index is 1.93. The minimum atomic E-state index is 0.504. The maximum atomic E-state index is 5.96. The highest BCUT2D eigenvalue weighted by atomic mass is 15.3. The predicted molar refractivity (Wildman–Crippen MR) is 86.0 cm³/mol. The molecule has 0 amide bonds. The molecule has 1 saturated heterocycles. The molecule has 3 rings (SSSR count). The van der Waals surface area contributed by atoms with E-state index in [0.29, 0.717) is 11.6 Å². The first-order valence-electron chi connectivity index (χ1n) is 7.06. The van der Waals surface area contributed by atoms with E-state index in [1.165, 1.54) is 0 Å². The van der Waals surface area contributed by atoms with Crippen molar-refractivity contribution in [2.24, 2.45) is 0 Å². The van der Waals surface area contributed by atoms with Crippen LogP contribution in [-0.2, 0) is 0 Å². The SMILES string of the molecule is CN1CCN(c2cc(-c3cccc(N)n3)cc(N)n2)CC1. The Morgan fingerprint density at radius 1 is 0.952 bits per heavy atom. The van der Waals surface area contributed by atoms with E-state index in [1.807, 2.05) is 24.3 Å². The van der Waals surface area contributed by atoms with E-state index in [-0.39, 0.29) is 0 Å². The van der Waals surface area contributed by atoms with Crippen LogP contribution in [0.4, 0.5) is 17.5 Å². The number of likely N-dealkylation sites (N-methyl/N-ethyl adjacent to an activating group) is 1. The molecule has 4 N–H and O–H groups in total. The highest BCUT2D eigenvalue weighted by Crippen LogP contribution is 2.25. The number of anilines is 3. The zero-order valence-electron chi connectivity index (χ0n) is 12.2. The van der Waals surface area contributed by atoms with Gasteiger partial charge in [-0.05, 0) is 31.3 Å². The van der Waals surface area contributed by atoms with Crippen LogP contribution in [-0.4, -0.2) is 48.1 Å². The highest BCUT2D eigenvalue weighted by molar-refractivity contribution is 5.68. The number of aromatic nitrogens is 2. The number of pyridine rings is 2. The van der Waals surface area contributed by atoms with Gasteiger partial charge in [-0.1, -0.05) is 6.07 Å². The van der Waals surface area contributed by atoms with Gasteiger partial charge in [-0.3, -0.25) is 0 Å². The molecule has 0 radical (unpaired) electrons. The Morgan fingerprint density at radius 3 is 2.43 bits per heavy atom. The van der Waals surface area contributed by atoms with Crippen LogP contribution in [0, 0.1) is 0 Å². The van der Waals surface area contributed by atoms with E-state index in [4.69, 9.17) is 11.5 Å². The van der Waals surface area contributed by atoms with E-state index < -0.39 is 0 Å². The number of rotatable bonds is 2. The van der Waals surface area contributed by atoms with Crippen molar-refractivity contribution in [2.75, 3.05) is 49.6 Å². The van der Waals surface area contributed by atoms with Crippen molar-refractivity contribution in [1.29, 1.82) is 0 Å². The van der Waals surface area contributed by atoms with Crippen molar-refractivity contribution in [1.82, 2.24) is 14.9 Å². The Kier molecular flexibility index (Phi) is 3.62. The first-order chi connectivity index (χ1) is 10.1. The van der Waals surface area contributed by atoms with Gasteiger partial charge in [-0.2, -0.15) is 0 Å². The van der Waals surface area contributed by atoms with Crippen LogP contribution in [0.25, 0.3) is 11.3 Å². The second-order valence-corrected chi connectivity index (χ2v) is 5.38. The van der Waals surface area contributed by atoms with E-state index >= 15 is 0 Å². The van der Waals surface area contributed by atoms with Crippen molar-refractivity contribution in [2.45, 2.75) is 0 Å². The van der Waals surface area contributed by atoms with Crippen LogP contribution in [0.1, 0.15) is 0 Å². The molecule has 0 atom stereocenters. The molecule has 0 aromatic carbocycles. The number of nitrogens with two attached hydrogens (primary N) is 2. The van der Waals surface area contributed by atoms with Crippen LogP contribution in [0.5, 0.6) is 0 Å². The molecule has 0 aliphatic carbocycles. The zero-order valence-corrected chi connectivity index (χ0v) is 12.2. The lowest BCUT2D eigenvalue weighted by atomic mass is 10.1. The molecule has 0 bridgehead atoms. The molecule has 1 aliphatic heterocycles. The van der Waals surface area contributed by atoms with Crippen molar-refractivity contribution < 1.29 is 0 Å². The monoisotopic (exact) mass is 284 g/mol. The second-order valence-electron chi connectivity index (χ2n) is 5.38. The average Bonchev–Trinajstić information content (AvgIpc) is 2.47. The van der Waals surface area contributed by atoms with Crippen molar-refractivity contribution in [3.05, 3.63) is 30.3 Å². The molecule has 2 aromatic rings. The van der Waals surface area contributed by atoms with Crippen LogP contribution in [0.15, 0.2) is 30.3 Å². The van der Waals surface area contributed by atoms with Gasteiger partial charge in [0, 0.05) is 31.7 Å². The summed E-state index contributed by atoms with van der Waals surface area (Å²) in [4.78, 5) is 13.4. The Morgan fingerprint density at radius 2 is 1.71 bits per heavy atom. The smallest absolute Gasteiger partial charge is 0.131 e. The Bertz CT molecular complexity index is 634. The van der Waals surface area contributed by atoms with Gasteiger partial charge < -0.3 is 21.3 Å². The van der Waals surface area contributed by atoms with Crippen LogP contribution < -0.4 is 16.4 Å². The lowest BCUT2D eigenvalue weighted by molar-refractivity contribution is 0.312. The molecule has 2 aromatic heterocycles. The van der Waals surface area contributed by atoms with Gasteiger partial charge in [0.1, 0.15) is 17.5 Å². The summed E-state index contributed by atoms with van der Waals surface area (Å²) in [6, 6.07) is 9.46. The first-order valence-corrected chi connectivity index (χ1v) is 7.06. The predicted octanol–water partition coefficient (Wildman–Crippen LogP) is 1.06. The summed E-state index contributed by atoms with van der Waals surface area (Å²) in [6.07, 6.45) is 0. The number of hydrogen-bond donors (Lipinski definition) is 2. The number of nitrogens with zero attached hydrogens (tertiary/aromatic N) is 4. The molecule has 1 fully saturated rings. The number of hydrogen-bond acceptors (Lipinski definition) is 6. The van der Waals surface area contributed by atoms with Crippen molar-refractivity contribution in [3.8, 4) is 11.3 Å². The third-order valence-corrected chi connectivity index (χ3v) is 3.73. The maximum absolute atomic E-state index is 5.96. The van der Waals surface area contributed by atoms with Gasteiger partial charge in [-0.15, -0.1) is 0 Å². The molecule has 0 unspecified atom stereocenters. The maximum Gasteiger partial charge on any atom is 0.131 e. The summed E-state index contributed by atoms with van der Waals surface area (Å²) in [5, 5.41) is 0. The lowest BCUT2D eigenvalue weighted by Gasteiger charge is -2.33. The van der Waals surface area contributed by atoms with E-state index in [9.17, 15) is 0 Å². The van der Waals surface area contributed by atoms with Gasteiger partial charge in [0.25, 0.3) is 0 Å². The minimum Gasteiger partial charge on any atom is -0.384 e. The summed E-state index contributed by atoms with van der Waals surface area (Å²) in [5.74, 6) is 1.91. The quantitative estimate of drug-likeness (QED) is 0.858. The van der Waals surface area contributed by atoms with E-state index in [0.717, 1.165) is 43.3 Å². The molecule has 0 spiro atoms. The fourth-order valence-corrected chi connectivity index (χ4v) is 2.49. The molecule has 110 valence electrons. The van der Waals surface area contributed by atoms with Crippen molar-refractivity contribution in [3.63, 3.8) is 0 Å². The Hall–Kier alpha value is -2.34. The molecule has 21 heavy (non-hydrogen) atoms. The topological polar surface area (TPSA) is 84.3 Å². The van der Waals surface area contributed by atoms with Crippen molar-refractivity contribution >= 4 is 17.5 Å². The summed E-state index contributed by atoms with van der Waals surface area (Å²) in [7, 11) is 2.13. The molecule has 1 aliphatic rings. The number of nitrogen functional groups attached to an aromatic ring is 2. The van der Waals surface area contributed by atoms with Gasteiger partial charge in [0.2, 0.25) is 0 Å². The Labute approximate surface area is 124 Å². The fraction of sp³-hybridized carbons (Fsp3) is 0.333. The molecule has 0 saturated carbocycles. The van der Waals surface area contributed by atoms with Gasteiger partial charge in [0.05, 0.1) is 5.69 Å². The molecule has 3 heterocycles.